The van der Waals surface area contributed by atoms with Crippen LogP contribution < -0.4 is 5.32 Å². The molecule has 0 unspecified atom stereocenters. The molecule has 0 fully saturated rings. The van der Waals surface area contributed by atoms with Gasteiger partial charge in [-0.15, -0.1) is 0 Å². The number of rotatable bonds is 6. The highest BCUT2D eigenvalue weighted by atomic mass is 16.6. The first-order valence-corrected chi connectivity index (χ1v) is 6.02. The van der Waals surface area contributed by atoms with Crippen LogP contribution in [0.4, 0.5) is 11.5 Å². The Bertz CT molecular complexity index is 481. The van der Waals surface area contributed by atoms with E-state index in [4.69, 9.17) is 0 Å². The van der Waals surface area contributed by atoms with E-state index in [1.807, 2.05) is 6.92 Å². The first-order valence-electron chi connectivity index (χ1n) is 6.02. The molecule has 0 aliphatic rings. The summed E-state index contributed by atoms with van der Waals surface area (Å²) in [6, 6.07) is 0. The largest absolute Gasteiger partial charge is 0.355 e. The third kappa shape index (κ3) is 3.43. The van der Waals surface area contributed by atoms with Crippen molar-refractivity contribution < 1.29 is 9.72 Å². The summed E-state index contributed by atoms with van der Waals surface area (Å²) < 4.78 is 1.41. The zero-order valence-corrected chi connectivity index (χ0v) is 11.6. The number of carbonyl (C=O) groups excluding carboxylic acids is 1. The van der Waals surface area contributed by atoms with Crippen molar-refractivity contribution >= 4 is 17.4 Å². The van der Waals surface area contributed by atoms with E-state index >= 15 is 0 Å². The molecule has 8 nitrogen and oxygen atoms in total. The number of nitro groups is 1. The number of hydrogen-bond donors (Lipinski definition) is 1. The minimum Gasteiger partial charge on any atom is -0.355 e. The predicted octanol–water partition coefficient (Wildman–Crippen LogP) is 0.781. The molecule has 0 aromatic carbocycles. The molecule has 0 aliphatic heterocycles. The number of anilines is 1. The molecule has 0 saturated heterocycles. The molecule has 8 heteroatoms. The number of aromatic nitrogens is 2. The summed E-state index contributed by atoms with van der Waals surface area (Å²) in [5.41, 5.74) is 0.394. The van der Waals surface area contributed by atoms with E-state index in [1.54, 1.807) is 21.1 Å². The van der Waals surface area contributed by atoms with Crippen molar-refractivity contribution in [1.82, 2.24) is 14.7 Å². The van der Waals surface area contributed by atoms with Crippen LogP contribution in [-0.4, -0.2) is 46.2 Å². The van der Waals surface area contributed by atoms with Crippen molar-refractivity contribution in [2.75, 3.05) is 26.0 Å². The fraction of sp³-hybridized carbons (Fsp3) is 0.636. The summed E-state index contributed by atoms with van der Waals surface area (Å²) in [6.07, 6.45) is 1.31. The van der Waals surface area contributed by atoms with Gasteiger partial charge in [0.05, 0.1) is 11.5 Å². The van der Waals surface area contributed by atoms with Gasteiger partial charge in [-0.1, -0.05) is 13.3 Å². The Balaban J connectivity index is 2.99. The lowest BCUT2D eigenvalue weighted by atomic mass is 10.2. The number of nitrogens with zero attached hydrogens (tertiary/aromatic N) is 4. The Morgan fingerprint density at radius 2 is 2.16 bits per heavy atom. The number of nitrogens with one attached hydrogen (secondary N) is 1. The van der Waals surface area contributed by atoms with Gasteiger partial charge in [0.15, 0.2) is 0 Å². The first-order chi connectivity index (χ1) is 8.88. The molecule has 0 atom stereocenters. The van der Waals surface area contributed by atoms with Crippen LogP contribution >= 0.6 is 0 Å². The van der Waals surface area contributed by atoms with Crippen LogP contribution in [0.3, 0.4) is 0 Å². The molecular formula is C11H19N5O3. The van der Waals surface area contributed by atoms with E-state index < -0.39 is 4.92 Å². The topological polar surface area (TPSA) is 93.3 Å². The number of amides is 1. The van der Waals surface area contributed by atoms with Gasteiger partial charge in [0.2, 0.25) is 11.7 Å². The second kappa shape index (κ2) is 6.17. The van der Waals surface area contributed by atoms with Crippen molar-refractivity contribution in [3.8, 4) is 0 Å². The number of carbonyl (C=O) groups is 1. The highest BCUT2D eigenvalue weighted by molar-refractivity contribution is 5.81. The highest BCUT2D eigenvalue weighted by Gasteiger charge is 2.26. The Morgan fingerprint density at radius 1 is 1.53 bits per heavy atom. The first kappa shape index (κ1) is 14.9. The molecule has 0 spiro atoms. The van der Waals surface area contributed by atoms with E-state index in [1.165, 1.54) is 9.58 Å². The number of aryl methyl sites for hydroxylation is 2. The summed E-state index contributed by atoms with van der Waals surface area (Å²) in [6.45, 7) is 1.93. The zero-order chi connectivity index (χ0) is 14.6. The summed E-state index contributed by atoms with van der Waals surface area (Å²) >= 11 is 0. The summed E-state index contributed by atoms with van der Waals surface area (Å²) in [5, 5.41) is 18.0. The molecule has 0 bridgehead atoms. The van der Waals surface area contributed by atoms with Gasteiger partial charge in [0, 0.05) is 21.1 Å². The van der Waals surface area contributed by atoms with Crippen molar-refractivity contribution in [3.63, 3.8) is 0 Å². The maximum Gasteiger partial charge on any atom is 0.334 e. The van der Waals surface area contributed by atoms with E-state index in [0.717, 1.165) is 6.42 Å². The second-order valence-corrected chi connectivity index (χ2v) is 4.42. The van der Waals surface area contributed by atoms with E-state index in [2.05, 4.69) is 10.4 Å². The lowest BCUT2D eigenvalue weighted by molar-refractivity contribution is -0.384. The van der Waals surface area contributed by atoms with Crippen LogP contribution in [0, 0.1) is 10.1 Å². The molecule has 1 rings (SSSR count). The average Bonchev–Trinajstić information content (AvgIpc) is 2.62. The summed E-state index contributed by atoms with van der Waals surface area (Å²) in [5.74, 6) is 0.108. The van der Waals surface area contributed by atoms with Gasteiger partial charge in [0.25, 0.3) is 0 Å². The minimum atomic E-state index is -0.458. The van der Waals surface area contributed by atoms with E-state index in [-0.39, 0.29) is 24.0 Å². The molecule has 0 aliphatic carbocycles. The maximum absolute atomic E-state index is 11.5. The molecule has 1 heterocycles. The van der Waals surface area contributed by atoms with Crippen molar-refractivity contribution in [2.45, 2.75) is 19.8 Å². The molecule has 106 valence electrons. The lowest BCUT2D eigenvalue weighted by Gasteiger charge is -2.11. The van der Waals surface area contributed by atoms with Crippen LogP contribution in [0.1, 0.15) is 19.0 Å². The maximum atomic E-state index is 11.5. The van der Waals surface area contributed by atoms with Crippen LogP contribution in [0.2, 0.25) is 0 Å². The predicted molar refractivity (Wildman–Crippen MR) is 71.0 cm³/mol. The minimum absolute atomic E-state index is 0.00105. The summed E-state index contributed by atoms with van der Waals surface area (Å²) in [7, 11) is 4.88. The van der Waals surface area contributed by atoms with Gasteiger partial charge in [-0.3, -0.25) is 14.9 Å². The van der Waals surface area contributed by atoms with Crippen LogP contribution in [-0.2, 0) is 18.3 Å². The monoisotopic (exact) mass is 269 g/mol. The fourth-order valence-corrected chi connectivity index (χ4v) is 1.68. The molecule has 1 amide bonds. The third-order valence-corrected chi connectivity index (χ3v) is 2.67. The van der Waals surface area contributed by atoms with Crippen molar-refractivity contribution in [2.24, 2.45) is 7.05 Å². The van der Waals surface area contributed by atoms with Gasteiger partial charge in [-0.2, -0.15) is 5.10 Å². The van der Waals surface area contributed by atoms with Gasteiger partial charge in [-0.25, -0.2) is 4.68 Å². The second-order valence-electron chi connectivity index (χ2n) is 4.42. The lowest BCUT2D eigenvalue weighted by Crippen LogP contribution is -2.29. The number of likely N-dealkylation sites (N-methyl/N-ethyl adjacent to an activating group) is 1. The summed E-state index contributed by atoms with van der Waals surface area (Å²) in [4.78, 5) is 23.6. The highest BCUT2D eigenvalue weighted by Crippen LogP contribution is 2.28. The smallest absolute Gasteiger partial charge is 0.334 e. The SMILES string of the molecule is CCCc1nn(C)c(NCC(=O)N(C)C)c1[N+](=O)[O-]. The van der Waals surface area contributed by atoms with Crippen LogP contribution in [0.25, 0.3) is 0 Å². The van der Waals surface area contributed by atoms with Crippen LogP contribution in [0.15, 0.2) is 0 Å². The number of hydrogen-bond acceptors (Lipinski definition) is 5. The standard InChI is InChI=1S/C11H19N5O3/c1-5-6-8-10(16(18)19)11(15(4)13-8)12-7-9(17)14(2)3/h12H,5-7H2,1-4H3. The molecule has 19 heavy (non-hydrogen) atoms. The van der Waals surface area contributed by atoms with Gasteiger partial charge < -0.3 is 10.2 Å². The van der Waals surface area contributed by atoms with Crippen molar-refractivity contribution in [3.05, 3.63) is 15.8 Å². The third-order valence-electron chi connectivity index (χ3n) is 2.67. The molecule has 1 N–H and O–H groups in total. The zero-order valence-electron chi connectivity index (χ0n) is 11.6. The fourth-order valence-electron chi connectivity index (χ4n) is 1.68. The van der Waals surface area contributed by atoms with Crippen molar-refractivity contribution in [1.29, 1.82) is 0 Å². The molecule has 1 aromatic rings. The van der Waals surface area contributed by atoms with Gasteiger partial charge >= 0.3 is 5.69 Å². The average molecular weight is 269 g/mol. The Morgan fingerprint density at radius 3 is 2.63 bits per heavy atom. The Hall–Kier alpha value is -2.12. The van der Waals surface area contributed by atoms with Gasteiger partial charge in [0.1, 0.15) is 5.69 Å². The van der Waals surface area contributed by atoms with E-state index in [9.17, 15) is 14.9 Å². The normalized spacial score (nSPS) is 10.3. The molecular weight excluding hydrogens is 250 g/mol. The molecule has 1 aromatic heterocycles. The van der Waals surface area contributed by atoms with Gasteiger partial charge in [-0.05, 0) is 6.42 Å². The Labute approximate surface area is 111 Å². The quantitative estimate of drug-likeness (QED) is 0.608. The molecule has 0 radical (unpaired) electrons. The Kier molecular flexibility index (Phi) is 4.85. The van der Waals surface area contributed by atoms with E-state index in [0.29, 0.717) is 12.1 Å². The molecule has 0 saturated carbocycles. The van der Waals surface area contributed by atoms with Crippen LogP contribution in [0.5, 0.6) is 0 Å².